The number of hydrogen-bond acceptors (Lipinski definition) is 15. The number of rotatable bonds is 14. The molecule has 1 unspecified atom stereocenters. The van der Waals surface area contributed by atoms with Gasteiger partial charge in [0.25, 0.3) is 0 Å². The van der Waals surface area contributed by atoms with Gasteiger partial charge in [-0.05, 0) is 71.2 Å². The molecule has 0 aliphatic carbocycles. The number of aliphatic hydroxyl groups is 1. The molecule has 3 N–H and O–H groups in total. The number of aromatic nitrogens is 6. The average Bonchev–Trinajstić information content (AvgIpc) is 3.88. The predicted octanol–water partition coefficient (Wildman–Crippen LogP) is 6.76. The smallest absolute Gasteiger partial charge is 0.203 e. The molecule has 1 aliphatic rings. The predicted molar refractivity (Wildman–Crippen MR) is 222 cm³/mol. The molecule has 0 spiro atoms. The third-order valence-electron chi connectivity index (χ3n) is 9.84. The van der Waals surface area contributed by atoms with Crippen molar-refractivity contribution >= 4 is 33.9 Å². The van der Waals surface area contributed by atoms with E-state index in [-0.39, 0.29) is 17.6 Å². The topological polar surface area (TPSA) is 211 Å². The van der Waals surface area contributed by atoms with Gasteiger partial charge in [-0.1, -0.05) is 0 Å². The van der Waals surface area contributed by atoms with E-state index < -0.39 is 17.0 Å². The largest absolute Gasteiger partial charge is 0.493 e. The summed E-state index contributed by atoms with van der Waals surface area (Å²) >= 11 is 0. The SMILES string of the molecule is COc1cc(-c2cnc3[nH]cc(C(=O)C(C)(C)O)c3n2)cc(OC)c1OC.COc1cc(-c2cnc3[nH]cc(C(=O)C(C)(C)OC4CCCCO4)c3n2)cc(OC)c1OC. The van der Waals surface area contributed by atoms with Gasteiger partial charge in [-0.25, -0.2) is 19.9 Å². The molecule has 0 amide bonds. The zero-order chi connectivity index (χ0) is 43.4. The van der Waals surface area contributed by atoms with E-state index in [4.69, 9.17) is 42.9 Å². The first-order valence-electron chi connectivity index (χ1n) is 19.1. The Hall–Kier alpha value is -6.30. The van der Waals surface area contributed by atoms with E-state index in [1.807, 2.05) is 0 Å². The molecule has 1 atom stereocenters. The van der Waals surface area contributed by atoms with Crippen LogP contribution in [0.1, 0.15) is 67.7 Å². The standard InChI is InChI=1S/C24H29N3O6.C19H21N3O5/c1-24(2,33-19-8-6-7-9-32-19)22(28)15-12-25-23-20(15)27-16(13-26-23)14-10-17(29-3)21(31-5)18(11-14)30-4;1-19(2,24)17(23)11-8-20-18-15(11)22-12(9-21-18)10-6-13(25-3)16(27-5)14(7-10)26-4/h10-13,19H,6-9H2,1-5H3,(H,25,26);6-9,24H,1-5H3,(H,20,21). The van der Waals surface area contributed by atoms with Gasteiger partial charge in [0.2, 0.25) is 11.5 Å². The van der Waals surface area contributed by atoms with Gasteiger partial charge in [-0.15, -0.1) is 0 Å². The number of H-pyrrole nitrogens is 2. The van der Waals surface area contributed by atoms with Crippen LogP contribution in [0.25, 0.3) is 44.8 Å². The van der Waals surface area contributed by atoms with Crippen molar-refractivity contribution in [3.63, 3.8) is 0 Å². The Labute approximate surface area is 346 Å². The lowest BCUT2D eigenvalue weighted by molar-refractivity contribution is -0.200. The molecule has 4 aromatic heterocycles. The summed E-state index contributed by atoms with van der Waals surface area (Å²) in [5.74, 6) is 2.29. The third-order valence-corrected chi connectivity index (χ3v) is 9.84. The monoisotopic (exact) mass is 826 g/mol. The normalized spacial score (nSPS) is 14.3. The highest BCUT2D eigenvalue weighted by Crippen LogP contribution is 2.42. The van der Waals surface area contributed by atoms with Gasteiger partial charge in [0.15, 0.2) is 52.1 Å². The second-order valence-electron chi connectivity index (χ2n) is 14.8. The molecule has 318 valence electrons. The van der Waals surface area contributed by atoms with Gasteiger partial charge in [0, 0.05) is 30.1 Å². The zero-order valence-corrected chi connectivity index (χ0v) is 35.3. The molecule has 1 fully saturated rings. The van der Waals surface area contributed by atoms with Crippen molar-refractivity contribution in [2.75, 3.05) is 49.3 Å². The van der Waals surface area contributed by atoms with Crippen molar-refractivity contribution in [3.8, 4) is 57.0 Å². The van der Waals surface area contributed by atoms with E-state index in [9.17, 15) is 14.7 Å². The first-order valence-corrected chi connectivity index (χ1v) is 19.1. The molecule has 0 bridgehead atoms. The quantitative estimate of drug-likeness (QED) is 0.0969. The van der Waals surface area contributed by atoms with Crippen molar-refractivity contribution < 1.29 is 52.6 Å². The molecule has 1 saturated heterocycles. The number of ketones is 2. The number of ether oxygens (including phenoxy) is 8. The minimum absolute atomic E-state index is 0.195. The molecule has 0 radical (unpaired) electrons. The van der Waals surface area contributed by atoms with Gasteiger partial charge in [0.05, 0.1) is 77.6 Å². The fraction of sp³-hybridized carbons (Fsp3) is 0.395. The van der Waals surface area contributed by atoms with Crippen LogP contribution in [0.15, 0.2) is 49.1 Å². The number of nitrogens with one attached hydrogen (secondary N) is 2. The number of carbonyl (C=O) groups is 2. The summed E-state index contributed by atoms with van der Waals surface area (Å²) < 4.78 is 44.1. The minimum Gasteiger partial charge on any atom is -0.493 e. The maximum atomic E-state index is 13.4. The van der Waals surface area contributed by atoms with Crippen LogP contribution < -0.4 is 28.4 Å². The average molecular weight is 827 g/mol. The lowest BCUT2D eigenvalue weighted by Gasteiger charge is -2.31. The number of carbonyl (C=O) groups excluding carboxylic acids is 2. The van der Waals surface area contributed by atoms with Crippen LogP contribution in [0.4, 0.5) is 0 Å². The van der Waals surface area contributed by atoms with E-state index in [1.54, 1.807) is 78.0 Å². The lowest BCUT2D eigenvalue weighted by Crippen LogP contribution is -2.40. The second kappa shape index (κ2) is 17.9. The van der Waals surface area contributed by atoms with Crippen molar-refractivity contribution in [2.24, 2.45) is 0 Å². The van der Waals surface area contributed by atoms with Crippen LogP contribution in [0, 0.1) is 0 Å². The Bertz CT molecular complexity index is 2450. The number of benzene rings is 2. The Balaban J connectivity index is 0.000000205. The fourth-order valence-corrected chi connectivity index (χ4v) is 6.71. The fourth-order valence-electron chi connectivity index (χ4n) is 6.71. The number of Topliss-reactive ketones (excluding diaryl/α,β-unsaturated/α-hetero) is 2. The van der Waals surface area contributed by atoms with Gasteiger partial charge >= 0.3 is 0 Å². The van der Waals surface area contributed by atoms with Crippen LogP contribution in [-0.2, 0) is 9.47 Å². The Morgan fingerprint density at radius 2 is 1.10 bits per heavy atom. The first-order chi connectivity index (χ1) is 28.7. The van der Waals surface area contributed by atoms with E-state index in [0.717, 1.165) is 19.3 Å². The van der Waals surface area contributed by atoms with Crippen LogP contribution >= 0.6 is 0 Å². The number of hydrogen-bond donors (Lipinski definition) is 3. The molecule has 1 aliphatic heterocycles. The van der Waals surface area contributed by atoms with Crippen molar-refractivity contribution in [1.82, 2.24) is 29.9 Å². The summed E-state index contributed by atoms with van der Waals surface area (Å²) in [4.78, 5) is 49.9. The van der Waals surface area contributed by atoms with Gasteiger partial charge in [-0.2, -0.15) is 0 Å². The highest BCUT2D eigenvalue weighted by Gasteiger charge is 2.36. The van der Waals surface area contributed by atoms with Crippen molar-refractivity contribution in [2.45, 2.75) is 64.4 Å². The molecular formula is C43H50N6O11. The molecule has 60 heavy (non-hydrogen) atoms. The van der Waals surface area contributed by atoms with E-state index in [2.05, 4.69) is 24.9 Å². The van der Waals surface area contributed by atoms with Crippen LogP contribution in [-0.4, -0.2) is 113 Å². The minimum atomic E-state index is -1.51. The Kier molecular flexibility index (Phi) is 12.9. The summed E-state index contributed by atoms with van der Waals surface area (Å²) in [7, 11) is 9.24. The van der Waals surface area contributed by atoms with Gasteiger partial charge < -0.3 is 53.0 Å². The molecule has 17 heteroatoms. The summed E-state index contributed by atoms with van der Waals surface area (Å²) in [5.41, 5.74) is 2.38. The summed E-state index contributed by atoms with van der Waals surface area (Å²) in [6.45, 7) is 7.02. The maximum absolute atomic E-state index is 13.4. The van der Waals surface area contributed by atoms with E-state index in [1.165, 1.54) is 41.4 Å². The first kappa shape index (κ1) is 43.3. The van der Waals surface area contributed by atoms with Gasteiger partial charge in [-0.3, -0.25) is 9.59 Å². The lowest BCUT2D eigenvalue weighted by atomic mass is 9.97. The Morgan fingerprint density at radius 3 is 1.47 bits per heavy atom. The molecule has 5 heterocycles. The maximum Gasteiger partial charge on any atom is 0.203 e. The highest BCUT2D eigenvalue weighted by molar-refractivity contribution is 6.10. The van der Waals surface area contributed by atoms with E-state index >= 15 is 0 Å². The van der Waals surface area contributed by atoms with Crippen molar-refractivity contribution in [1.29, 1.82) is 0 Å². The molecule has 2 aromatic carbocycles. The third kappa shape index (κ3) is 8.83. The highest BCUT2D eigenvalue weighted by atomic mass is 16.7. The van der Waals surface area contributed by atoms with Crippen molar-refractivity contribution in [3.05, 3.63) is 60.2 Å². The zero-order valence-electron chi connectivity index (χ0n) is 35.3. The summed E-state index contributed by atoms with van der Waals surface area (Å²) in [5, 5.41) is 10.0. The summed E-state index contributed by atoms with van der Waals surface area (Å²) in [6.07, 6.45) is 8.76. The van der Waals surface area contributed by atoms with Crippen LogP contribution in [0.5, 0.6) is 34.5 Å². The van der Waals surface area contributed by atoms with E-state index in [0.29, 0.717) is 91.5 Å². The second-order valence-corrected chi connectivity index (χ2v) is 14.8. The Morgan fingerprint density at radius 1 is 0.667 bits per heavy atom. The van der Waals surface area contributed by atoms with Crippen LogP contribution in [0.2, 0.25) is 0 Å². The number of nitrogens with zero attached hydrogens (tertiary/aromatic N) is 4. The molecule has 7 rings (SSSR count). The van der Waals surface area contributed by atoms with Gasteiger partial charge in [0.1, 0.15) is 22.2 Å². The summed E-state index contributed by atoms with van der Waals surface area (Å²) in [6, 6.07) is 7.08. The molecule has 6 aromatic rings. The van der Waals surface area contributed by atoms with Crippen LogP contribution in [0.3, 0.4) is 0 Å². The number of methoxy groups -OCH3 is 6. The number of aromatic amines is 2. The molecule has 0 saturated carbocycles. The number of fused-ring (bicyclic) bond motifs is 2. The molecular weight excluding hydrogens is 777 g/mol. The molecule has 17 nitrogen and oxygen atoms in total.